The number of rotatable bonds is 6. The van der Waals surface area contributed by atoms with Gasteiger partial charge in [-0.05, 0) is 36.8 Å². The molecule has 0 aliphatic heterocycles. The third kappa shape index (κ3) is 4.75. The van der Waals surface area contributed by atoms with Gasteiger partial charge in [-0.2, -0.15) is 5.26 Å². The van der Waals surface area contributed by atoms with E-state index >= 15 is 0 Å². The topological polar surface area (TPSA) is 62.6 Å². The van der Waals surface area contributed by atoms with Crippen molar-refractivity contribution in [3.63, 3.8) is 0 Å². The molecule has 1 amide bonds. The Morgan fingerprint density at radius 2 is 1.74 bits per heavy atom. The number of hydrogen-bond acceptors (Lipinski definition) is 4. The van der Waals surface area contributed by atoms with Gasteiger partial charge in [0.15, 0.2) is 12.3 Å². The van der Waals surface area contributed by atoms with Crippen molar-refractivity contribution in [1.29, 1.82) is 5.26 Å². The maximum absolute atomic E-state index is 11.8. The molecule has 0 N–H and O–H groups in total. The predicted octanol–water partition coefficient (Wildman–Crippen LogP) is 2.97. The standard InChI is InChI=1S/C18H18N2O3/c1-14(18(21)20(2)13-19)23-17-10-8-16(9-11-17)22-12-15-6-4-3-5-7-15/h3-11,14H,12H2,1-2H3. The quantitative estimate of drug-likeness (QED) is 0.608. The average Bonchev–Trinajstić information content (AvgIpc) is 2.60. The van der Waals surface area contributed by atoms with Crippen molar-refractivity contribution in [2.45, 2.75) is 19.6 Å². The first-order valence-electron chi connectivity index (χ1n) is 7.21. The molecule has 1 unspecified atom stereocenters. The molecule has 5 heteroatoms. The first kappa shape index (κ1) is 16.4. The van der Waals surface area contributed by atoms with Gasteiger partial charge in [-0.25, -0.2) is 4.90 Å². The third-order valence-electron chi connectivity index (χ3n) is 3.21. The Morgan fingerprint density at radius 1 is 1.13 bits per heavy atom. The van der Waals surface area contributed by atoms with Crippen molar-refractivity contribution < 1.29 is 14.3 Å². The smallest absolute Gasteiger partial charge is 0.276 e. The number of carbonyl (C=O) groups is 1. The molecule has 0 aromatic heterocycles. The lowest BCUT2D eigenvalue weighted by atomic mass is 10.2. The molecule has 0 fully saturated rings. The Kier molecular flexibility index (Phi) is 5.59. The molecular formula is C18H18N2O3. The van der Waals surface area contributed by atoms with Gasteiger partial charge in [-0.3, -0.25) is 4.79 Å². The summed E-state index contributed by atoms with van der Waals surface area (Å²) in [6.07, 6.45) is 1.03. The summed E-state index contributed by atoms with van der Waals surface area (Å²) in [5.74, 6) is 0.871. The van der Waals surface area contributed by atoms with Gasteiger partial charge in [-0.15, -0.1) is 0 Å². The minimum Gasteiger partial charge on any atom is -0.489 e. The molecule has 0 aliphatic carbocycles. The number of benzene rings is 2. The molecule has 23 heavy (non-hydrogen) atoms. The van der Waals surface area contributed by atoms with E-state index in [1.165, 1.54) is 7.05 Å². The second kappa shape index (κ2) is 7.85. The normalized spacial score (nSPS) is 11.2. The number of carbonyl (C=O) groups excluding carboxylic acids is 1. The monoisotopic (exact) mass is 310 g/mol. The number of amides is 1. The largest absolute Gasteiger partial charge is 0.489 e. The molecule has 0 heterocycles. The second-order valence-corrected chi connectivity index (χ2v) is 5.00. The lowest BCUT2D eigenvalue weighted by Crippen LogP contribution is -2.35. The summed E-state index contributed by atoms with van der Waals surface area (Å²) in [4.78, 5) is 12.7. The highest BCUT2D eigenvalue weighted by molar-refractivity contribution is 5.81. The van der Waals surface area contributed by atoms with Crippen LogP contribution in [0.4, 0.5) is 0 Å². The lowest BCUT2D eigenvalue weighted by Gasteiger charge is -2.16. The van der Waals surface area contributed by atoms with Crippen LogP contribution in [0.2, 0.25) is 0 Å². The predicted molar refractivity (Wildman–Crippen MR) is 85.7 cm³/mol. The van der Waals surface area contributed by atoms with E-state index in [0.29, 0.717) is 18.1 Å². The van der Waals surface area contributed by atoms with Crippen LogP contribution in [0.5, 0.6) is 11.5 Å². The van der Waals surface area contributed by atoms with Crippen LogP contribution in [0.3, 0.4) is 0 Å². The molecule has 2 rings (SSSR count). The van der Waals surface area contributed by atoms with Gasteiger partial charge in [-0.1, -0.05) is 30.3 Å². The van der Waals surface area contributed by atoms with Gasteiger partial charge in [0, 0.05) is 7.05 Å². The molecule has 0 saturated carbocycles. The minimum absolute atomic E-state index is 0.392. The zero-order chi connectivity index (χ0) is 16.7. The van der Waals surface area contributed by atoms with Gasteiger partial charge in [0.05, 0.1) is 0 Å². The van der Waals surface area contributed by atoms with Crippen LogP contribution in [0, 0.1) is 11.5 Å². The molecule has 118 valence electrons. The van der Waals surface area contributed by atoms with Gasteiger partial charge < -0.3 is 9.47 Å². The molecular weight excluding hydrogens is 292 g/mol. The van der Waals surface area contributed by atoms with Crippen molar-refractivity contribution in [3.05, 3.63) is 60.2 Å². The number of ether oxygens (including phenoxy) is 2. The fourth-order valence-electron chi connectivity index (χ4n) is 1.93. The first-order valence-corrected chi connectivity index (χ1v) is 7.21. The molecule has 0 spiro atoms. The van der Waals surface area contributed by atoms with E-state index in [1.54, 1.807) is 37.4 Å². The average molecular weight is 310 g/mol. The SMILES string of the molecule is CC(Oc1ccc(OCc2ccccc2)cc1)C(=O)N(C)C#N. The Hall–Kier alpha value is -3.00. The summed E-state index contributed by atoms with van der Waals surface area (Å²) in [5.41, 5.74) is 1.09. The Labute approximate surface area is 135 Å². The van der Waals surface area contributed by atoms with E-state index in [2.05, 4.69) is 0 Å². The summed E-state index contributed by atoms with van der Waals surface area (Å²) in [5, 5.41) is 8.69. The third-order valence-corrected chi connectivity index (χ3v) is 3.21. The molecule has 5 nitrogen and oxygen atoms in total. The van der Waals surface area contributed by atoms with Gasteiger partial charge >= 0.3 is 0 Å². The Bertz CT molecular complexity index is 678. The number of nitrogens with zero attached hydrogens (tertiary/aromatic N) is 2. The van der Waals surface area contributed by atoms with Crippen molar-refractivity contribution in [1.82, 2.24) is 4.90 Å². The van der Waals surface area contributed by atoms with Crippen LogP contribution < -0.4 is 9.47 Å². The maximum atomic E-state index is 11.8. The zero-order valence-electron chi connectivity index (χ0n) is 13.1. The van der Waals surface area contributed by atoms with Gasteiger partial charge in [0.25, 0.3) is 5.91 Å². The highest BCUT2D eigenvalue weighted by atomic mass is 16.5. The fourth-order valence-corrected chi connectivity index (χ4v) is 1.93. The van der Waals surface area contributed by atoms with Crippen LogP contribution in [0.1, 0.15) is 12.5 Å². The Morgan fingerprint density at radius 3 is 2.35 bits per heavy atom. The van der Waals surface area contributed by atoms with Crippen LogP contribution in [0.25, 0.3) is 0 Å². The summed E-state index contributed by atoms with van der Waals surface area (Å²) in [6, 6.07) is 16.9. The van der Waals surface area contributed by atoms with Crippen molar-refractivity contribution >= 4 is 5.91 Å². The molecule has 0 radical (unpaired) electrons. The lowest BCUT2D eigenvalue weighted by molar-refractivity contribution is -0.133. The maximum Gasteiger partial charge on any atom is 0.276 e. The number of likely N-dealkylation sites (N-methyl/N-ethyl adjacent to an activating group) is 1. The van der Waals surface area contributed by atoms with Gasteiger partial charge in [0.1, 0.15) is 18.1 Å². The number of hydrogen-bond donors (Lipinski definition) is 0. The van der Waals surface area contributed by atoms with E-state index in [1.807, 2.05) is 30.3 Å². The molecule has 0 aliphatic rings. The summed E-state index contributed by atoms with van der Waals surface area (Å²) in [7, 11) is 1.41. The van der Waals surface area contributed by atoms with Crippen molar-refractivity contribution in [3.8, 4) is 17.7 Å². The van der Waals surface area contributed by atoms with Crippen LogP contribution in [0.15, 0.2) is 54.6 Å². The molecule has 0 saturated heterocycles. The van der Waals surface area contributed by atoms with E-state index in [4.69, 9.17) is 14.7 Å². The minimum atomic E-state index is -0.726. The highest BCUT2D eigenvalue weighted by Gasteiger charge is 2.18. The van der Waals surface area contributed by atoms with Crippen LogP contribution in [-0.2, 0) is 11.4 Å². The van der Waals surface area contributed by atoms with Crippen LogP contribution >= 0.6 is 0 Å². The van der Waals surface area contributed by atoms with E-state index in [0.717, 1.165) is 10.5 Å². The molecule has 2 aromatic carbocycles. The zero-order valence-corrected chi connectivity index (χ0v) is 13.1. The van der Waals surface area contributed by atoms with Crippen LogP contribution in [-0.4, -0.2) is 24.0 Å². The molecule has 2 aromatic rings. The first-order chi connectivity index (χ1) is 11.1. The van der Waals surface area contributed by atoms with E-state index in [-0.39, 0.29) is 0 Å². The van der Waals surface area contributed by atoms with E-state index in [9.17, 15) is 4.79 Å². The Balaban J connectivity index is 1.89. The summed E-state index contributed by atoms with van der Waals surface area (Å²) in [6.45, 7) is 2.10. The van der Waals surface area contributed by atoms with Crippen molar-refractivity contribution in [2.75, 3.05) is 7.05 Å². The highest BCUT2D eigenvalue weighted by Crippen LogP contribution is 2.20. The van der Waals surface area contributed by atoms with Gasteiger partial charge in [0.2, 0.25) is 0 Å². The molecule has 0 bridgehead atoms. The second-order valence-electron chi connectivity index (χ2n) is 5.00. The molecule has 1 atom stereocenters. The van der Waals surface area contributed by atoms with Crippen molar-refractivity contribution in [2.24, 2.45) is 0 Å². The fraction of sp³-hybridized carbons (Fsp3) is 0.222. The summed E-state index contributed by atoms with van der Waals surface area (Å²) < 4.78 is 11.2. The van der Waals surface area contributed by atoms with E-state index < -0.39 is 12.0 Å². The summed E-state index contributed by atoms with van der Waals surface area (Å²) >= 11 is 0. The number of nitriles is 1.